The van der Waals surface area contributed by atoms with Crippen LogP contribution in [0.15, 0.2) is 112 Å². The Morgan fingerprint density at radius 3 is 2.03 bits per heavy atom. The van der Waals surface area contributed by atoms with Gasteiger partial charge in [-0.3, -0.25) is 9.80 Å². The fourth-order valence-corrected chi connectivity index (χ4v) is 5.45. The lowest BCUT2D eigenvalue weighted by Gasteiger charge is -2.40. The zero-order chi connectivity index (χ0) is 23.6. The summed E-state index contributed by atoms with van der Waals surface area (Å²) in [6.07, 6.45) is 0. The van der Waals surface area contributed by atoms with Gasteiger partial charge >= 0.3 is 5.63 Å². The van der Waals surface area contributed by atoms with Crippen molar-refractivity contribution < 1.29 is 4.42 Å². The Kier molecular flexibility index (Phi) is 5.91. The highest BCUT2D eigenvalue weighted by Gasteiger charge is 2.26. The molecule has 0 aliphatic carbocycles. The quantitative estimate of drug-likeness (QED) is 0.243. The van der Waals surface area contributed by atoms with Crippen LogP contribution in [0.2, 0.25) is 0 Å². The van der Waals surface area contributed by atoms with Gasteiger partial charge in [0.1, 0.15) is 5.58 Å². The fourth-order valence-electron chi connectivity index (χ4n) is 5.45. The second-order valence-electron chi connectivity index (χ2n) is 9.29. The van der Waals surface area contributed by atoms with E-state index in [1.54, 1.807) is 6.07 Å². The van der Waals surface area contributed by atoms with E-state index in [9.17, 15) is 4.79 Å². The highest BCUT2D eigenvalue weighted by Crippen LogP contribution is 2.31. The minimum Gasteiger partial charge on any atom is -0.423 e. The van der Waals surface area contributed by atoms with Gasteiger partial charge in [0.05, 0.1) is 6.04 Å². The molecule has 4 aromatic carbocycles. The Hall–Kier alpha value is -3.73. The molecule has 1 saturated heterocycles. The molecule has 0 spiro atoms. The normalized spacial score (nSPS) is 15.2. The number of benzene rings is 4. The van der Waals surface area contributed by atoms with Crippen molar-refractivity contribution in [2.24, 2.45) is 0 Å². The second kappa shape index (κ2) is 9.49. The summed E-state index contributed by atoms with van der Waals surface area (Å²) in [6, 6.07) is 35.7. The maximum Gasteiger partial charge on any atom is 0.336 e. The van der Waals surface area contributed by atoms with Gasteiger partial charge in [0.25, 0.3) is 0 Å². The predicted molar refractivity (Wildman–Crippen MR) is 142 cm³/mol. The van der Waals surface area contributed by atoms with Crippen molar-refractivity contribution in [3.8, 4) is 0 Å². The van der Waals surface area contributed by atoms with Crippen LogP contribution in [0, 0.1) is 0 Å². The Labute approximate surface area is 205 Å². The van der Waals surface area contributed by atoms with E-state index in [2.05, 4.69) is 82.6 Å². The lowest BCUT2D eigenvalue weighted by Crippen LogP contribution is -2.47. The van der Waals surface area contributed by atoms with Crippen LogP contribution in [-0.2, 0) is 6.54 Å². The summed E-state index contributed by atoms with van der Waals surface area (Å²) in [4.78, 5) is 17.4. The Bertz CT molecular complexity index is 1460. The number of rotatable bonds is 5. The summed E-state index contributed by atoms with van der Waals surface area (Å²) in [5.74, 6) is 0. The lowest BCUT2D eigenvalue weighted by atomic mass is 9.96. The number of fused-ring (bicyclic) bond motifs is 3. The minimum atomic E-state index is -0.283. The molecule has 0 bridgehead atoms. The van der Waals surface area contributed by atoms with Gasteiger partial charge in [-0.25, -0.2) is 4.79 Å². The number of nitrogens with zero attached hydrogens (tertiary/aromatic N) is 2. The largest absolute Gasteiger partial charge is 0.423 e. The summed E-state index contributed by atoms with van der Waals surface area (Å²) >= 11 is 0. The summed E-state index contributed by atoms with van der Waals surface area (Å²) in [5, 5.41) is 3.35. The molecule has 1 aromatic heterocycles. The number of hydrogen-bond donors (Lipinski definition) is 0. The zero-order valence-electron chi connectivity index (χ0n) is 19.6. The van der Waals surface area contributed by atoms with Crippen molar-refractivity contribution in [3.05, 3.63) is 130 Å². The van der Waals surface area contributed by atoms with E-state index in [0.29, 0.717) is 5.58 Å². The predicted octanol–water partition coefficient (Wildman–Crippen LogP) is 5.85. The van der Waals surface area contributed by atoms with Crippen molar-refractivity contribution in [1.29, 1.82) is 0 Å². The smallest absolute Gasteiger partial charge is 0.336 e. The Morgan fingerprint density at radius 2 is 1.34 bits per heavy atom. The van der Waals surface area contributed by atoms with E-state index < -0.39 is 0 Å². The van der Waals surface area contributed by atoms with E-state index in [1.807, 2.05) is 24.3 Å². The monoisotopic (exact) mass is 460 g/mol. The highest BCUT2D eigenvalue weighted by molar-refractivity contribution is 6.07. The molecule has 2 heterocycles. The fraction of sp³-hybridized carbons (Fsp3) is 0.194. The SMILES string of the molecule is O=c1cc(CN2CCN(C(c3ccccc3)c3ccccc3)CC2)c2c(ccc3ccccc32)o1. The van der Waals surface area contributed by atoms with Crippen LogP contribution >= 0.6 is 0 Å². The number of piperazine rings is 1. The van der Waals surface area contributed by atoms with Crippen LogP contribution < -0.4 is 5.63 Å². The lowest BCUT2D eigenvalue weighted by molar-refractivity contribution is 0.105. The van der Waals surface area contributed by atoms with Crippen molar-refractivity contribution in [2.45, 2.75) is 12.6 Å². The third-order valence-corrected chi connectivity index (χ3v) is 7.11. The molecule has 4 nitrogen and oxygen atoms in total. The first-order chi connectivity index (χ1) is 17.3. The molecule has 0 radical (unpaired) electrons. The first-order valence-electron chi connectivity index (χ1n) is 12.3. The van der Waals surface area contributed by atoms with Crippen molar-refractivity contribution in [1.82, 2.24) is 9.80 Å². The molecule has 174 valence electrons. The van der Waals surface area contributed by atoms with E-state index in [4.69, 9.17) is 4.42 Å². The molecule has 0 saturated carbocycles. The van der Waals surface area contributed by atoms with Gasteiger partial charge in [-0.05, 0) is 33.5 Å². The number of hydrogen-bond acceptors (Lipinski definition) is 4. The zero-order valence-corrected chi connectivity index (χ0v) is 19.6. The molecule has 6 rings (SSSR count). The van der Waals surface area contributed by atoms with Crippen LogP contribution in [0.5, 0.6) is 0 Å². The van der Waals surface area contributed by atoms with Gasteiger partial charge in [-0.2, -0.15) is 0 Å². The van der Waals surface area contributed by atoms with Crippen LogP contribution in [0.4, 0.5) is 0 Å². The molecule has 0 unspecified atom stereocenters. The van der Waals surface area contributed by atoms with Gasteiger partial charge in [0.15, 0.2) is 0 Å². The summed E-state index contributed by atoms with van der Waals surface area (Å²) in [5.41, 5.74) is 4.08. The molecule has 0 N–H and O–H groups in total. The van der Waals surface area contributed by atoms with Crippen molar-refractivity contribution in [3.63, 3.8) is 0 Å². The van der Waals surface area contributed by atoms with E-state index in [0.717, 1.165) is 54.4 Å². The molecule has 1 aliphatic heterocycles. The molecular formula is C31H28N2O2. The van der Waals surface area contributed by atoms with E-state index in [-0.39, 0.29) is 11.7 Å². The molecule has 1 fully saturated rings. The van der Waals surface area contributed by atoms with Gasteiger partial charge in [-0.1, -0.05) is 91.0 Å². The second-order valence-corrected chi connectivity index (χ2v) is 9.29. The van der Waals surface area contributed by atoms with Crippen molar-refractivity contribution in [2.75, 3.05) is 26.2 Å². The maximum atomic E-state index is 12.3. The molecule has 0 atom stereocenters. The molecule has 5 aromatic rings. The summed E-state index contributed by atoms with van der Waals surface area (Å²) in [6.45, 7) is 4.57. The van der Waals surface area contributed by atoms with E-state index in [1.165, 1.54) is 11.1 Å². The minimum absolute atomic E-state index is 0.244. The van der Waals surface area contributed by atoms with Crippen LogP contribution in [0.1, 0.15) is 22.7 Å². The van der Waals surface area contributed by atoms with Gasteiger partial charge < -0.3 is 4.42 Å². The molecule has 4 heteroatoms. The molecule has 0 amide bonds. The Balaban J connectivity index is 1.27. The standard InChI is InChI=1S/C31H28N2O2/c34-29-21-26(30-27-14-8-7-9-23(27)15-16-28(30)35-29)22-32-17-19-33(20-18-32)31(24-10-3-1-4-11-24)25-12-5-2-6-13-25/h1-16,21,31H,17-20,22H2. The average Bonchev–Trinajstić information content (AvgIpc) is 2.91. The van der Waals surface area contributed by atoms with Crippen molar-refractivity contribution >= 4 is 21.7 Å². The molecule has 1 aliphatic rings. The molecular weight excluding hydrogens is 432 g/mol. The third-order valence-electron chi connectivity index (χ3n) is 7.11. The van der Waals surface area contributed by atoms with E-state index >= 15 is 0 Å². The molecule has 35 heavy (non-hydrogen) atoms. The maximum absolute atomic E-state index is 12.3. The van der Waals surface area contributed by atoms with Crippen LogP contribution in [0.25, 0.3) is 21.7 Å². The average molecular weight is 461 g/mol. The van der Waals surface area contributed by atoms with Crippen LogP contribution in [-0.4, -0.2) is 36.0 Å². The summed E-state index contributed by atoms with van der Waals surface area (Å²) in [7, 11) is 0. The van der Waals surface area contributed by atoms with Crippen LogP contribution in [0.3, 0.4) is 0 Å². The topological polar surface area (TPSA) is 36.7 Å². The van der Waals surface area contributed by atoms with Gasteiger partial charge in [0, 0.05) is 44.2 Å². The highest BCUT2D eigenvalue weighted by atomic mass is 16.4. The summed E-state index contributed by atoms with van der Waals surface area (Å²) < 4.78 is 5.56. The first-order valence-corrected chi connectivity index (χ1v) is 12.3. The van der Waals surface area contributed by atoms with Gasteiger partial charge in [-0.15, -0.1) is 0 Å². The first kappa shape index (κ1) is 21.8. The van der Waals surface area contributed by atoms with Gasteiger partial charge in [0.2, 0.25) is 0 Å². The third kappa shape index (κ3) is 4.39. The Morgan fingerprint density at radius 1 is 0.714 bits per heavy atom.